The zero-order valence-electron chi connectivity index (χ0n) is 11.7. The molecule has 6 nitrogen and oxygen atoms in total. The predicted molar refractivity (Wildman–Crippen MR) is 75.9 cm³/mol. The lowest BCUT2D eigenvalue weighted by Gasteiger charge is -2.26. The molecule has 0 bridgehead atoms. The molecular weight excluding hydrogens is 286 g/mol. The maximum absolute atomic E-state index is 11.2. The number of methoxy groups -OCH3 is 1. The molecule has 1 saturated heterocycles. The van der Waals surface area contributed by atoms with Crippen molar-refractivity contribution in [3.8, 4) is 0 Å². The van der Waals surface area contributed by atoms with Crippen LogP contribution in [0, 0.1) is 0 Å². The van der Waals surface area contributed by atoms with Crippen molar-refractivity contribution in [1.82, 2.24) is 4.90 Å². The third-order valence-corrected chi connectivity index (χ3v) is 2.77. The number of halogens is 1. The average Bonchev–Trinajstić information content (AvgIpc) is 2.45. The summed E-state index contributed by atoms with van der Waals surface area (Å²) in [6.07, 6.45) is 3.92. The Balaban J connectivity index is 0.00000361. The number of nitrogens with zero attached hydrogens (tertiary/aromatic N) is 1. The zero-order valence-corrected chi connectivity index (χ0v) is 12.5. The number of unbranched alkanes of at least 4 members (excludes halogenated alkanes) is 1. The molecule has 20 heavy (non-hydrogen) atoms. The first kappa shape index (κ1) is 18.9. The summed E-state index contributed by atoms with van der Waals surface area (Å²) in [6, 6.07) is 0. The van der Waals surface area contributed by atoms with Gasteiger partial charge in [-0.1, -0.05) is 0 Å². The number of morpholine rings is 1. The summed E-state index contributed by atoms with van der Waals surface area (Å²) in [6.45, 7) is 4.91. The third-order valence-electron chi connectivity index (χ3n) is 2.77. The Labute approximate surface area is 125 Å². The van der Waals surface area contributed by atoms with E-state index in [4.69, 9.17) is 9.47 Å². The number of esters is 2. The van der Waals surface area contributed by atoms with Gasteiger partial charge in [-0.2, -0.15) is 0 Å². The second-order valence-electron chi connectivity index (χ2n) is 4.19. The van der Waals surface area contributed by atoms with Crippen molar-refractivity contribution in [3.05, 3.63) is 12.2 Å². The van der Waals surface area contributed by atoms with Gasteiger partial charge >= 0.3 is 11.9 Å². The summed E-state index contributed by atoms with van der Waals surface area (Å²) in [5, 5.41) is 0. The lowest BCUT2D eigenvalue weighted by atomic mass is 10.3. The first-order chi connectivity index (χ1) is 9.22. The molecule has 0 radical (unpaired) electrons. The highest BCUT2D eigenvalue weighted by molar-refractivity contribution is 5.91. The van der Waals surface area contributed by atoms with Crippen molar-refractivity contribution in [2.75, 3.05) is 46.6 Å². The number of carbonyl (C=O) groups excluding carboxylic acids is 2. The maximum Gasteiger partial charge on any atom is 0.331 e. The minimum Gasteiger partial charge on any atom is -0.466 e. The fourth-order valence-corrected chi connectivity index (χ4v) is 1.69. The molecule has 0 aromatic heterocycles. The van der Waals surface area contributed by atoms with Crippen LogP contribution in [0.15, 0.2) is 12.2 Å². The maximum atomic E-state index is 11.2. The van der Waals surface area contributed by atoms with E-state index in [0.717, 1.165) is 57.8 Å². The minimum atomic E-state index is -0.565. The van der Waals surface area contributed by atoms with Crippen LogP contribution in [0.1, 0.15) is 12.8 Å². The van der Waals surface area contributed by atoms with Crippen molar-refractivity contribution < 1.29 is 23.8 Å². The normalized spacial score (nSPS) is 15.7. The van der Waals surface area contributed by atoms with Gasteiger partial charge in [-0.15, -0.1) is 12.4 Å². The lowest BCUT2D eigenvalue weighted by Crippen LogP contribution is -2.36. The van der Waals surface area contributed by atoms with Gasteiger partial charge in [-0.3, -0.25) is 4.90 Å². The molecule has 1 heterocycles. The molecule has 0 atom stereocenters. The first-order valence-electron chi connectivity index (χ1n) is 6.45. The van der Waals surface area contributed by atoms with Gasteiger partial charge in [0.25, 0.3) is 0 Å². The Morgan fingerprint density at radius 1 is 1.15 bits per heavy atom. The summed E-state index contributed by atoms with van der Waals surface area (Å²) < 4.78 is 14.6. The van der Waals surface area contributed by atoms with E-state index in [0.29, 0.717) is 6.61 Å². The highest BCUT2D eigenvalue weighted by Crippen LogP contribution is 2.00. The smallest absolute Gasteiger partial charge is 0.331 e. The summed E-state index contributed by atoms with van der Waals surface area (Å²) in [4.78, 5) is 24.3. The molecule has 1 aliphatic heterocycles. The number of ether oxygens (including phenoxy) is 3. The van der Waals surface area contributed by atoms with E-state index in [1.54, 1.807) is 0 Å². The van der Waals surface area contributed by atoms with Crippen LogP contribution < -0.4 is 0 Å². The van der Waals surface area contributed by atoms with Crippen LogP contribution in [0.4, 0.5) is 0 Å². The SMILES string of the molecule is COC(=O)/C=C/C(=O)OCCCCN1CCOCC1.Cl. The Morgan fingerprint density at radius 2 is 1.80 bits per heavy atom. The van der Waals surface area contributed by atoms with E-state index in [1.165, 1.54) is 7.11 Å². The molecule has 0 aromatic rings. The standard InChI is InChI=1S/C13H21NO5.ClH/c1-17-12(15)4-5-13(16)19-9-3-2-6-14-7-10-18-11-8-14;/h4-5H,2-3,6-11H2,1H3;1H/b5-4+;. The molecule has 0 N–H and O–H groups in total. The van der Waals surface area contributed by atoms with E-state index >= 15 is 0 Å². The van der Waals surface area contributed by atoms with Gasteiger partial charge in [-0.25, -0.2) is 9.59 Å². The zero-order chi connectivity index (χ0) is 13.9. The molecule has 0 aliphatic carbocycles. The van der Waals surface area contributed by atoms with E-state index in [1.807, 2.05) is 0 Å². The summed E-state index contributed by atoms with van der Waals surface area (Å²) in [5.41, 5.74) is 0. The van der Waals surface area contributed by atoms with Crippen molar-refractivity contribution in [2.24, 2.45) is 0 Å². The van der Waals surface area contributed by atoms with Crippen LogP contribution in [0.5, 0.6) is 0 Å². The van der Waals surface area contributed by atoms with Crippen molar-refractivity contribution >= 4 is 24.3 Å². The van der Waals surface area contributed by atoms with Crippen LogP contribution in [-0.2, 0) is 23.8 Å². The Kier molecular flexibility index (Phi) is 11.0. The minimum absolute atomic E-state index is 0. The number of carbonyl (C=O) groups is 2. The molecule has 0 saturated carbocycles. The Morgan fingerprint density at radius 3 is 2.45 bits per heavy atom. The van der Waals surface area contributed by atoms with Crippen LogP contribution in [0.3, 0.4) is 0 Å². The molecule has 0 aromatic carbocycles. The van der Waals surface area contributed by atoms with Crippen molar-refractivity contribution in [2.45, 2.75) is 12.8 Å². The predicted octanol–water partition coefficient (Wildman–Crippen LogP) is 0.793. The van der Waals surface area contributed by atoms with Gasteiger partial charge in [-0.05, 0) is 19.4 Å². The highest BCUT2D eigenvalue weighted by atomic mass is 35.5. The summed E-state index contributed by atoms with van der Waals surface area (Å²) >= 11 is 0. The van der Waals surface area contributed by atoms with Gasteiger partial charge in [0.05, 0.1) is 26.9 Å². The van der Waals surface area contributed by atoms with Gasteiger partial charge in [0.1, 0.15) is 0 Å². The van der Waals surface area contributed by atoms with Gasteiger partial charge < -0.3 is 14.2 Å². The molecule has 116 valence electrons. The van der Waals surface area contributed by atoms with E-state index in [-0.39, 0.29) is 12.4 Å². The third kappa shape index (κ3) is 8.90. The molecule has 0 unspecified atom stereocenters. The van der Waals surface area contributed by atoms with Gasteiger partial charge in [0.15, 0.2) is 0 Å². The monoisotopic (exact) mass is 307 g/mol. The van der Waals surface area contributed by atoms with Gasteiger partial charge in [0, 0.05) is 25.2 Å². The van der Waals surface area contributed by atoms with Crippen molar-refractivity contribution in [3.63, 3.8) is 0 Å². The Hall–Kier alpha value is -1.11. The van der Waals surface area contributed by atoms with Crippen LogP contribution in [-0.4, -0.2) is 63.4 Å². The van der Waals surface area contributed by atoms with Crippen molar-refractivity contribution in [1.29, 1.82) is 0 Å². The second-order valence-corrected chi connectivity index (χ2v) is 4.19. The topological polar surface area (TPSA) is 65.1 Å². The van der Waals surface area contributed by atoms with Crippen LogP contribution >= 0.6 is 12.4 Å². The lowest BCUT2D eigenvalue weighted by molar-refractivity contribution is -0.139. The average molecular weight is 308 g/mol. The molecule has 7 heteroatoms. The Bertz CT molecular complexity index is 316. The fourth-order valence-electron chi connectivity index (χ4n) is 1.69. The molecule has 1 rings (SSSR count). The number of hydrogen-bond acceptors (Lipinski definition) is 6. The summed E-state index contributed by atoms with van der Waals surface area (Å²) in [7, 11) is 1.25. The molecule has 1 fully saturated rings. The molecular formula is C13H22ClNO5. The van der Waals surface area contributed by atoms with Crippen LogP contribution in [0.2, 0.25) is 0 Å². The first-order valence-corrected chi connectivity index (χ1v) is 6.45. The van der Waals surface area contributed by atoms with E-state index in [2.05, 4.69) is 9.64 Å². The van der Waals surface area contributed by atoms with Gasteiger partial charge in [0.2, 0.25) is 0 Å². The molecule has 0 amide bonds. The molecule has 0 spiro atoms. The van der Waals surface area contributed by atoms with E-state index in [9.17, 15) is 9.59 Å². The highest BCUT2D eigenvalue weighted by Gasteiger charge is 2.09. The quantitative estimate of drug-likeness (QED) is 0.394. The summed E-state index contributed by atoms with van der Waals surface area (Å²) in [5.74, 6) is -1.08. The number of hydrogen-bond donors (Lipinski definition) is 0. The van der Waals surface area contributed by atoms with Crippen LogP contribution in [0.25, 0.3) is 0 Å². The van der Waals surface area contributed by atoms with E-state index < -0.39 is 11.9 Å². The fraction of sp³-hybridized carbons (Fsp3) is 0.692. The second kappa shape index (κ2) is 11.7. The number of rotatable bonds is 7. The largest absolute Gasteiger partial charge is 0.466 e. The molecule has 1 aliphatic rings.